The summed E-state index contributed by atoms with van der Waals surface area (Å²) < 4.78 is 0. The fourth-order valence-electron chi connectivity index (χ4n) is 1.97. The van der Waals surface area contributed by atoms with Crippen molar-refractivity contribution in [2.75, 3.05) is 0 Å². The molecule has 0 aliphatic carbocycles. The number of rotatable bonds is 4. The van der Waals surface area contributed by atoms with Gasteiger partial charge in [0.05, 0.1) is 11.1 Å². The van der Waals surface area contributed by atoms with Gasteiger partial charge < -0.3 is 25.5 Å². The SMILES string of the molecule is O=C(O)/C(=C/c1ccc(O)cc1)c1cc(O)c(O)cc1C(=O)O. The first-order valence-corrected chi connectivity index (χ1v) is 6.33. The first-order valence-electron chi connectivity index (χ1n) is 6.33. The normalized spacial score (nSPS) is 11.2. The maximum absolute atomic E-state index is 11.5. The van der Waals surface area contributed by atoms with Crippen LogP contribution in [0.4, 0.5) is 0 Å². The summed E-state index contributed by atoms with van der Waals surface area (Å²) in [5, 5.41) is 46.7. The van der Waals surface area contributed by atoms with Gasteiger partial charge in [-0.1, -0.05) is 12.1 Å². The van der Waals surface area contributed by atoms with Crippen LogP contribution in [-0.4, -0.2) is 37.5 Å². The molecule has 2 rings (SSSR count). The van der Waals surface area contributed by atoms with Gasteiger partial charge in [-0.3, -0.25) is 0 Å². The number of carboxylic acid groups (broad SMARTS) is 2. The topological polar surface area (TPSA) is 135 Å². The Morgan fingerprint density at radius 2 is 1.35 bits per heavy atom. The smallest absolute Gasteiger partial charge is 0.336 e. The highest BCUT2D eigenvalue weighted by Crippen LogP contribution is 2.33. The van der Waals surface area contributed by atoms with Crippen molar-refractivity contribution in [1.82, 2.24) is 0 Å². The lowest BCUT2D eigenvalue weighted by molar-refractivity contribution is -0.130. The van der Waals surface area contributed by atoms with E-state index in [1.807, 2.05) is 0 Å². The molecule has 0 saturated carbocycles. The Hall–Kier alpha value is -3.48. The van der Waals surface area contributed by atoms with E-state index >= 15 is 0 Å². The second kappa shape index (κ2) is 6.10. The number of phenols is 3. The van der Waals surface area contributed by atoms with E-state index in [0.29, 0.717) is 5.56 Å². The number of aromatic carboxylic acids is 1. The van der Waals surface area contributed by atoms with Crippen LogP contribution in [-0.2, 0) is 4.79 Å². The number of carboxylic acids is 2. The molecule has 2 aromatic carbocycles. The molecule has 0 aromatic heterocycles. The predicted octanol–water partition coefficient (Wildman–Crippen LogP) is 2.13. The Bertz CT molecular complexity index is 804. The second-order valence-electron chi connectivity index (χ2n) is 4.65. The summed E-state index contributed by atoms with van der Waals surface area (Å²) in [4.78, 5) is 22.8. The maximum Gasteiger partial charge on any atom is 0.336 e. The van der Waals surface area contributed by atoms with Crippen LogP contribution in [0.15, 0.2) is 36.4 Å². The van der Waals surface area contributed by atoms with Crippen molar-refractivity contribution in [3.8, 4) is 17.2 Å². The van der Waals surface area contributed by atoms with Crippen molar-refractivity contribution in [2.45, 2.75) is 0 Å². The molecule has 23 heavy (non-hydrogen) atoms. The molecule has 5 N–H and O–H groups in total. The van der Waals surface area contributed by atoms with Crippen molar-refractivity contribution < 1.29 is 35.1 Å². The summed E-state index contributed by atoms with van der Waals surface area (Å²) in [6.07, 6.45) is 1.19. The minimum atomic E-state index is -1.45. The minimum absolute atomic E-state index is 0.00692. The highest BCUT2D eigenvalue weighted by atomic mass is 16.4. The molecule has 0 atom stereocenters. The molecule has 0 unspecified atom stereocenters. The zero-order chi connectivity index (χ0) is 17.1. The molecule has 0 radical (unpaired) electrons. The third-order valence-electron chi connectivity index (χ3n) is 3.07. The summed E-state index contributed by atoms with van der Waals surface area (Å²) >= 11 is 0. The molecule has 0 aliphatic heterocycles. The fourth-order valence-corrected chi connectivity index (χ4v) is 1.97. The molecule has 0 spiro atoms. The third kappa shape index (κ3) is 3.41. The Morgan fingerprint density at radius 1 is 0.826 bits per heavy atom. The highest BCUT2D eigenvalue weighted by molar-refractivity contribution is 6.22. The molecule has 2 aromatic rings. The average Bonchev–Trinajstić information content (AvgIpc) is 2.48. The Kier molecular flexibility index (Phi) is 4.22. The van der Waals surface area contributed by atoms with Gasteiger partial charge in [0, 0.05) is 5.56 Å². The van der Waals surface area contributed by atoms with E-state index in [9.17, 15) is 30.0 Å². The Morgan fingerprint density at radius 3 is 1.83 bits per heavy atom. The van der Waals surface area contributed by atoms with E-state index in [2.05, 4.69) is 0 Å². The number of aliphatic carboxylic acids is 1. The van der Waals surface area contributed by atoms with E-state index in [1.54, 1.807) is 0 Å². The van der Waals surface area contributed by atoms with E-state index < -0.39 is 29.0 Å². The van der Waals surface area contributed by atoms with Gasteiger partial charge in [-0.25, -0.2) is 9.59 Å². The zero-order valence-corrected chi connectivity index (χ0v) is 11.6. The molecule has 7 nitrogen and oxygen atoms in total. The van der Waals surface area contributed by atoms with Crippen molar-refractivity contribution in [1.29, 1.82) is 0 Å². The largest absolute Gasteiger partial charge is 0.508 e. The lowest BCUT2D eigenvalue weighted by Crippen LogP contribution is -2.07. The lowest BCUT2D eigenvalue weighted by Gasteiger charge is -2.09. The highest BCUT2D eigenvalue weighted by Gasteiger charge is 2.21. The van der Waals surface area contributed by atoms with Gasteiger partial charge in [0.2, 0.25) is 0 Å². The average molecular weight is 316 g/mol. The van der Waals surface area contributed by atoms with Crippen LogP contribution in [0.5, 0.6) is 17.2 Å². The monoisotopic (exact) mass is 316 g/mol. The molecule has 7 heteroatoms. The number of aromatic hydroxyl groups is 3. The van der Waals surface area contributed by atoms with Crippen LogP contribution in [0.1, 0.15) is 21.5 Å². The molecule has 118 valence electrons. The summed E-state index contributed by atoms with van der Waals surface area (Å²) in [5.41, 5.74) is -0.700. The summed E-state index contributed by atoms with van der Waals surface area (Å²) in [7, 11) is 0. The number of hydrogen-bond donors (Lipinski definition) is 5. The van der Waals surface area contributed by atoms with E-state index in [4.69, 9.17) is 5.11 Å². The number of benzene rings is 2. The molecule has 0 fully saturated rings. The van der Waals surface area contributed by atoms with E-state index in [1.165, 1.54) is 30.3 Å². The van der Waals surface area contributed by atoms with Gasteiger partial charge in [-0.05, 0) is 35.9 Å². The lowest BCUT2D eigenvalue weighted by atomic mass is 9.96. The number of carbonyl (C=O) groups is 2. The molecule has 0 amide bonds. The first-order chi connectivity index (χ1) is 10.8. The molecule has 0 aliphatic rings. The van der Waals surface area contributed by atoms with E-state index in [-0.39, 0.29) is 16.9 Å². The van der Waals surface area contributed by atoms with Crippen molar-refractivity contribution in [3.05, 3.63) is 53.1 Å². The molecule has 0 heterocycles. The van der Waals surface area contributed by atoms with Crippen LogP contribution in [0.25, 0.3) is 11.6 Å². The fraction of sp³-hybridized carbons (Fsp3) is 0. The Balaban J connectivity index is 2.67. The van der Waals surface area contributed by atoms with Gasteiger partial charge >= 0.3 is 11.9 Å². The molecular weight excluding hydrogens is 304 g/mol. The quantitative estimate of drug-likeness (QED) is 0.331. The van der Waals surface area contributed by atoms with Crippen LogP contribution in [0, 0.1) is 0 Å². The van der Waals surface area contributed by atoms with Crippen molar-refractivity contribution in [2.24, 2.45) is 0 Å². The summed E-state index contributed by atoms with van der Waals surface area (Å²) in [6.45, 7) is 0. The standard InChI is InChI=1S/C16H12O7/c17-9-3-1-8(2-4-9)5-11(15(20)21)10-6-13(18)14(19)7-12(10)16(22)23/h1-7,17-19H,(H,20,21)(H,22,23)/b11-5+. The summed E-state index contributed by atoms with van der Waals surface area (Å²) in [5.74, 6) is -4.17. The molecule has 0 saturated heterocycles. The number of hydrogen-bond acceptors (Lipinski definition) is 5. The van der Waals surface area contributed by atoms with Crippen LogP contribution in [0.2, 0.25) is 0 Å². The van der Waals surface area contributed by atoms with Crippen LogP contribution < -0.4 is 0 Å². The molecular formula is C16H12O7. The van der Waals surface area contributed by atoms with E-state index in [0.717, 1.165) is 12.1 Å². The third-order valence-corrected chi connectivity index (χ3v) is 3.07. The van der Waals surface area contributed by atoms with Crippen LogP contribution >= 0.6 is 0 Å². The van der Waals surface area contributed by atoms with Crippen molar-refractivity contribution >= 4 is 23.6 Å². The van der Waals surface area contributed by atoms with Crippen molar-refractivity contribution in [3.63, 3.8) is 0 Å². The zero-order valence-electron chi connectivity index (χ0n) is 11.6. The van der Waals surface area contributed by atoms with Gasteiger partial charge in [-0.15, -0.1) is 0 Å². The second-order valence-corrected chi connectivity index (χ2v) is 4.65. The van der Waals surface area contributed by atoms with Gasteiger partial charge in [-0.2, -0.15) is 0 Å². The molecule has 0 bridgehead atoms. The summed E-state index contributed by atoms with van der Waals surface area (Å²) in [6, 6.07) is 7.23. The van der Waals surface area contributed by atoms with Gasteiger partial charge in [0.15, 0.2) is 11.5 Å². The van der Waals surface area contributed by atoms with Gasteiger partial charge in [0.1, 0.15) is 5.75 Å². The minimum Gasteiger partial charge on any atom is -0.508 e. The van der Waals surface area contributed by atoms with Gasteiger partial charge in [0.25, 0.3) is 0 Å². The number of phenolic OH excluding ortho intramolecular Hbond substituents is 3. The first kappa shape index (κ1) is 15.9. The maximum atomic E-state index is 11.5. The predicted molar refractivity (Wildman–Crippen MR) is 80.3 cm³/mol. The van der Waals surface area contributed by atoms with Crippen LogP contribution in [0.3, 0.4) is 0 Å². The Labute approximate surface area is 130 Å².